The Bertz CT molecular complexity index is 1480. The maximum absolute atomic E-state index is 14.3. The summed E-state index contributed by atoms with van der Waals surface area (Å²) in [5, 5.41) is 0.798. The number of aromatic nitrogens is 3. The average Bonchev–Trinajstić information content (AvgIpc) is 2.78. The molecule has 33 heavy (non-hydrogen) atoms. The van der Waals surface area contributed by atoms with Crippen LogP contribution in [0.15, 0.2) is 53.8 Å². The number of aryl methyl sites for hydroxylation is 1. The van der Waals surface area contributed by atoms with Gasteiger partial charge in [-0.05, 0) is 48.7 Å². The van der Waals surface area contributed by atoms with Gasteiger partial charge >= 0.3 is 0 Å². The highest BCUT2D eigenvalue weighted by Crippen LogP contribution is 2.35. The summed E-state index contributed by atoms with van der Waals surface area (Å²) in [6, 6.07) is 8.10. The van der Waals surface area contributed by atoms with Gasteiger partial charge in [0.05, 0.1) is 28.8 Å². The van der Waals surface area contributed by atoms with Gasteiger partial charge in [0, 0.05) is 28.9 Å². The van der Waals surface area contributed by atoms with Crippen LogP contribution in [0.3, 0.4) is 0 Å². The number of nitrogens with one attached hydrogen (secondary N) is 1. The predicted molar refractivity (Wildman–Crippen MR) is 124 cm³/mol. The van der Waals surface area contributed by atoms with Crippen LogP contribution in [-0.4, -0.2) is 39.3 Å². The normalized spacial score (nSPS) is 12.9. The summed E-state index contributed by atoms with van der Waals surface area (Å²) in [7, 11) is -0.458. The van der Waals surface area contributed by atoms with Gasteiger partial charge in [-0.1, -0.05) is 0 Å². The second kappa shape index (κ2) is 8.62. The van der Waals surface area contributed by atoms with Crippen molar-refractivity contribution in [1.29, 1.82) is 0 Å². The molecular weight excluding hydrogens is 450 g/mol. The number of pyridine rings is 1. The number of hydrogen-bond donors (Lipinski definition) is 1. The highest BCUT2D eigenvalue weighted by Gasteiger charge is 2.18. The Hall–Kier alpha value is -3.79. The van der Waals surface area contributed by atoms with Crippen LogP contribution in [0.25, 0.3) is 22.0 Å². The largest absolute Gasteiger partial charge is 0.494 e. The van der Waals surface area contributed by atoms with Crippen LogP contribution in [0.2, 0.25) is 0 Å². The molecule has 10 heteroatoms. The molecule has 0 bridgehead atoms. The summed E-state index contributed by atoms with van der Waals surface area (Å²) >= 11 is 0. The zero-order chi connectivity index (χ0) is 23.8. The molecule has 0 aliphatic rings. The van der Waals surface area contributed by atoms with Gasteiger partial charge in [-0.25, -0.2) is 27.9 Å². The van der Waals surface area contributed by atoms with Crippen molar-refractivity contribution in [2.75, 3.05) is 18.9 Å². The van der Waals surface area contributed by atoms with E-state index < -0.39 is 21.3 Å². The van der Waals surface area contributed by atoms with Crippen LogP contribution >= 0.6 is 0 Å². The number of fused-ring (bicyclic) bond motifs is 1. The number of anilines is 1. The molecule has 0 amide bonds. The molecule has 0 saturated carbocycles. The van der Waals surface area contributed by atoms with Gasteiger partial charge in [0.1, 0.15) is 34.9 Å². The molecule has 0 spiro atoms. The smallest absolute Gasteiger partial charge is 0.238 e. The Morgan fingerprint density at radius 2 is 1.79 bits per heavy atom. The fourth-order valence-corrected chi connectivity index (χ4v) is 4.68. The van der Waals surface area contributed by atoms with Crippen molar-refractivity contribution in [1.82, 2.24) is 15.0 Å². The van der Waals surface area contributed by atoms with Crippen molar-refractivity contribution in [3.8, 4) is 22.8 Å². The number of benzene rings is 2. The minimum Gasteiger partial charge on any atom is -0.494 e. The number of rotatable bonds is 6. The van der Waals surface area contributed by atoms with E-state index in [-0.39, 0.29) is 16.5 Å². The Morgan fingerprint density at radius 1 is 1.00 bits per heavy atom. The predicted octanol–water partition coefficient (Wildman–Crippen LogP) is 4.40. The minimum atomic E-state index is -3.40. The van der Waals surface area contributed by atoms with E-state index in [1.165, 1.54) is 13.4 Å². The number of hydrogen-bond acceptors (Lipinski definition) is 6. The van der Waals surface area contributed by atoms with Crippen LogP contribution in [0.4, 0.5) is 14.5 Å². The first-order valence-corrected chi connectivity index (χ1v) is 11.4. The molecule has 7 nitrogen and oxygen atoms in total. The van der Waals surface area contributed by atoms with Gasteiger partial charge in [0.25, 0.3) is 0 Å². The van der Waals surface area contributed by atoms with Gasteiger partial charge in [-0.2, -0.15) is 0 Å². The monoisotopic (exact) mass is 470 g/mol. The van der Waals surface area contributed by atoms with Gasteiger partial charge in [0.15, 0.2) is 0 Å². The standard InChI is InChI=1S/C23H20F2N4O3S/c1-13-17-7-14(9-20(31-2)22(17)28-12-27-13)15-8-19(23(32-3)26-11-15)29-33(4,30)21-6-5-16(24)10-18(21)25/h5-12H,4H2,1-3H3,(H,29,30). The zero-order valence-corrected chi connectivity index (χ0v) is 18.9. The first kappa shape index (κ1) is 22.4. The summed E-state index contributed by atoms with van der Waals surface area (Å²) in [4.78, 5) is 12.5. The summed E-state index contributed by atoms with van der Waals surface area (Å²) in [6.07, 6.45) is 3.05. The Balaban J connectivity index is 1.82. The molecule has 0 aliphatic heterocycles. The molecule has 0 fully saturated rings. The fourth-order valence-electron chi connectivity index (χ4n) is 3.40. The quantitative estimate of drug-likeness (QED) is 0.421. The van der Waals surface area contributed by atoms with Crippen molar-refractivity contribution in [2.45, 2.75) is 11.8 Å². The first-order chi connectivity index (χ1) is 15.7. The Kier molecular flexibility index (Phi) is 5.86. The van der Waals surface area contributed by atoms with E-state index in [2.05, 4.69) is 25.5 Å². The maximum Gasteiger partial charge on any atom is 0.238 e. The van der Waals surface area contributed by atoms with Crippen LogP contribution < -0.4 is 14.2 Å². The van der Waals surface area contributed by atoms with Crippen LogP contribution in [0, 0.1) is 18.6 Å². The molecule has 2 aromatic heterocycles. The molecule has 2 aromatic carbocycles. The average molecular weight is 471 g/mol. The highest BCUT2D eigenvalue weighted by atomic mass is 32.2. The van der Waals surface area contributed by atoms with E-state index in [4.69, 9.17) is 9.47 Å². The number of ether oxygens (including phenoxy) is 2. The number of halogens is 2. The van der Waals surface area contributed by atoms with Gasteiger partial charge in [0.2, 0.25) is 5.88 Å². The van der Waals surface area contributed by atoms with E-state index in [0.29, 0.717) is 22.9 Å². The Labute approximate surface area is 189 Å². The van der Waals surface area contributed by atoms with Crippen LogP contribution in [0.5, 0.6) is 11.6 Å². The van der Waals surface area contributed by atoms with E-state index in [9.17, 15) is 13.0 Å². The molecule has 0 aliphatic carbocycles. The third-order valence-corrected chi connectivity index (χ3v) is 6.62. The molecule has 0 saturated heterocycles. The molecule has 1 unspecified atom stereocenters. The lowest BCUT2D eigenvalue weighted by molar-refractivity contribution is 0.400. The van der Waals surface area contributed by atoms with Gasteiger partial charge in [-0.15, -0.1) is 0 Å². The van der Waals surface area contributed by atoms with Crippen molar-refractivity contribution in [3.63, 3.8) is 0 Å². The first-order valence-electron chi connectivity index (χ1n) is 9.67. The molecule has 1 N–H and O–H groups in total. The van der Waals surface area contributed by atoms with E-state index >= 15 is 0 Å². The van der Waals surface area contributed by atoms with E-state index in [1.54, 1.807) is 25.4 Å². The number of nitrogens with zero attached hydrogens (tertiary/aromatic N) is 3. The molecule has 4 rings (SSSR count). The zero-order valence-electron chi connectivity index (χ0n) is 18.1. The lowest BCUT2D eigenvalue weighted by atomic mass is 10.0. The van der Waals surface area contributed by atoms with Crippen LogP contribution in [0.1, 0.15) is 5.69 Å². The van der Waals surface area contributed by atoms with Crippen molar-refractivity contribution < 1.29 is 22.5 Å². The van der Waals surface area contributed by atoms with E-state index in [1.807, 2.05) is 13.0 Å². The summed E-state index contributed by atoms with van der Waals surface area (Å²) in [6.45, 7) is 1.86. The summed E-state index contributed by atoms with van der Waals surface area (Å²) in [5.41, 5.74) is 3.03. The topological polar surface area (TPSA) is 86.2 Å². The third-order valence-electron chi connectivity index (χ3n) is 5.02. The SMILES string of the molecule is C=S(=O)(Nc1cc(-c2cc(OC)c3ncnc(C)c3c2)cnc1OC)c1ccc(F)cc1F. The Morgan fingerprint density at radius 3 is 2.48 bits per heavy atom. The minimum absolute atomic E-state index is 0.130. The lowest BCUT2D eigenvalue weighted by Crippen LogP contribution is -2.15. The van der Waals surface area contributed by atoms with Crippen LogP contribution in [-0.2, 0) is 9.71 Å². The van der Waals surface area contributed by atoms with Crippen molar-refractivity contribution >= 4 is 32.2 Å². The second-order valence-electron chi connectivity index (χ2n) is 7.17. The number of methoxy groups -OCH3 is 2. The van der Waals surface area contributed by atoms with Gasteiger partial charge in [-0.3, -0.25) is 0 Å². The molecule has 1 atom stereocenters. The fraction of sp³-hybridized carbons (Fsp3) is 0.130. The highest BCUT2D eigenvalue weighted by molar-refractivity contribution is 8.01. The molecule has 0 radical (unpaired) electrons. The molecule has 170 valence electrons. The second-order valence-corrected chi connectivity index (χ2v) is 9.16. The molecule has 4 aromatic rings. The van der Waals surface area contributed by atoms with Crippen molar-refractivity contribution in [2.24, 2.45) is 0 Å². The van der Waals surface area contributed by atoms with Gasteiger partial charge < -0.3 is 14.2 Å². The summed E-state index contributed by atoms with van der Waals surface area (Å²) in [5.74, 6) is 2.54. The molecule has 2 heterocycles. The molecular formula is C23H20F2N4O3S. The van der Waals surface area contributed by atoms with E-state index in [0.717, 1.165) is 28.8 Å². The lowest BCUT2D eigenvalue weighted by Gasteiger charge is -2.17. The van der Waals surface area contributed by atoms with Crippen molar-refractivity contribution in [3.05, 3.63) is 66.3 Å². The summed E-state index contributed by atoms with van der Waals surface area (Å²) < 4.78 is 54.3. The maximum atomic E-state index is 14.3. The third kappa shape index (κ3) is 4.29.